The Labute approximate surface area is 192 Å². The van der Waals surface area contributed by atoms with E-state index in [9.17, 15) is 22.8 Å². The molecule has 0 aliphatic rings. The van der Waals surface area contributed by atoms with E-state index in [4.69, 9.17) is 16.3 Å². The molecule has 0 saturated heterocycles. The Morgan fingerprint density at radius 1 is 1.03 bits per heavy atom. The van der Waals surface area contributed by atoms with Crippen molar-refractivity contribution in [2.24, 2.45) is 5.92 Å². The number of amides is 1. The molecule has 0 spiro atoms. The number of esters is 1. The minimum atomic E-state index is -3.82. The lowest BCUT2D eigenvalue weighted by atomic mass is 10.1. The topological polar surface area (TPSA) is 119 Å². The van der Waals surface area contributed by atoms with Crippen molar-refractivity contribution >= 4 is 45.0 Å². The largest absolute Gasteiger partial charge is 0.454 e. The average Bonchev–Trinajstić information content (AvgIpc) is 2.73. The highest BCUT2D eigenvalue weighted by Crippen LogP contribution is 2.16. The first-order valence-corrected chi connectivity index (χ1v) is 11.8. The zero-order valence-corrected chi connectivity index (χ0v) is 19.5. The van der Waals surface area contributed by atoms with Crippen molar-refractivity contribution in [3.63, 3.8) is 0 Å². The molecule has 172 valence electrons. The minimum absolute atomic E-state index is 0.0186. The summed E-state index contributed by atoms with van der Waals surface area (Å²) in [6, 6.07) is 12.0. The third kappa shape index (κ3) is 7.44. The fourth-order valence-corrected chi connectivity index (χ4v) is 3.89. The summed E-state index contributed by atoms with van der Waals surface area (Å²) in [6.07, 6.45) is -1.31. The molecule has 0 fully saturated rings. The molecule has 1 amide bonds. The molecule has 2 N–H and O–H groups in total. The van der Waals surface area contributed by atoms with E-state index in [2.05, 4.69) is 10.0 Å². The standard InChI is InChI=1S/C22H25ClN2O6S/c1-14(2)22(28)25-18-9-7-16(8-10-18)21(27)15(3)31-20(26)11-12-24-32(29,30)19-6-4-5-17(23)13-19/h4-10,13-15,24H,11-12H2,1-3H3,(H,25,28). The summed E-state index contributed by atoms with van der Waals surface area (Å²) in [6.45, 7) is 4.78. The predicted molar refractivity (Wildman–Crippen MR) is 121 cm³/mol. The molecule has 2 aromatic rings. The van der Waals surface area contributed by atoms with Gasteiger partial charge in [0.05, 0.1) is 11.3 Å². The van der Waals surface area contributed by atoms with Gasteiger partial charge in [-0.1, -0.05) is 31.5 Å². The van der Waals surface area contributed by atoms with Crippen molar-refractivity contribution in [1.82, 2.24) is 4.72 Å². The first-order valence-electron chi connectivity index (χ1n) is 9.89. The molecule has 0 radical (unpaired) electrons. The Morgan fingerprint density at radius 2 is 1.69 bits per heavy atom. The molecule has 0 bridgehead atoms. The predicted octanol–water partition coefficient (Wildman–Crippen LogP) is 3.42. The fraction of sp³-hybridized carbons (Fsp3) is 0.318. The van der Waals surface area contributed by atoms with Gasteiger partial charge in [0, 0.05) is 28.7 Å². The van der Waals surface area contributed by atoms with Crippen molar-refractivity contribution in [2.75, 3.05) is 11.9 Å². The molecule has 0 heterocycles. The van der Waals surface area contributed by atoms with E-state index < -0.39 is 27.9 Å². The van der Waals surface area contributed by atoms with Crippen LogP contribution in [-0.2, 0) is 24.3 Å². The summed E-state index contributed by atoms with van der Waals surface area (Å²) in [4.78, 5) is 36.2. The molecule has 32 heavy (non-hydrogen) atoms. The SMILES string of the molecule is CC(C)C(=O)Nc1ccc(C(=O)C(C)OC(=O)CCNS(=O)(=O)c2cccc(Cl)c2)cc1. The zero-order valence-electron chi connectivity index (χ0n) is 17.9. The van der Waals surface area contributed by atoms with Crippen molar-refractivity contribution in [3.05, 3.63) is 59.1 Å². The van der Waals surface area contributed by atoms with Gasteiger partial charge in [-0.3, -0.25) is 14.4 Å². The lowest BCUT2D eigenvalue weighted by Crippen LogP contribution is -2.29. The number of carbonyl (C=O) groups excluding carboxylic acids is 3. The summed E-state index contributed by atoms with van der Waals surface area (Å²) in [5, 5.41) is 2.99. The number of sulfonamides is 1. The molecule has 10 heteroatoms. The molecule has 1 unspecified atom stereocenters. The van der Waals surface area contributed by atoms with Crippen LogP contribution in [0, 0.1) is 5.92 Å². The monoisotopic (exact) mass is 480 g/mol. The van der Waals surface area contributed by atoms with E-state index in [1.165, 1.54) is 37.3 Å². The summed E-state index contributed by atoms with van der Waals surface area (Å²) in [5.41, 5.74) is 0.867. The zero-order chi connectivity index (χ0) is 23.9. The van der Waals surface area contributed by atoms with E-state index in [1.54, 1.807) is 32.0 Å². The summed E-state index contributed by atoms with van der Waals surface area (Å²) in [5.74, 6) is -1.46. The number of ketones is 1. The molecule has 8 nitrogen and oxygen atoms in total. The summed E-state index contributed by atoms with van der Waals surface area (Å²) < 4.78 is 31.8. The van der Waals surface area contributed by atoms with Crippen LogP contribution < -0.4 is 10.0 Å². The van der Waals surface area contributed by atoms with E-state index >= 15 is 0 Å². The van der Waals surface area contributed by atoms with E-state index in [0.29, 0.717) is 11.3 Å². The van der Waals surface area contributed by atoms with Gasteiger partial charge >= 0.3 is 5.97 Å². The van der Waals surface area contributed by atoms with Gasteiger partial charge in [0.15, 0.2) is 6.10 Å². The van der Waals surface area contributed by atoms with Crippen molar-refractivity contribution in [3.8, 4) is 0 Å². The Morgan fingerprint density at radius 3 is 2.28 bits per heavy atom. The number of Topliss-reactive ketones (excluding diaryl/α,β-unsaturated/α-hetero) is 1. The van der Waals surface area contributed by atoms with E-state index in [0.717, 1.165) is 0 Å². The highest BCUT2D eigenvalue weighted by molar-refractivity contribution is 7.89. The van der Waals surface area contributed by atoms with Crippen LogP contribution in [-0.4, -0.2) is 38.7 Å². The van der Waals surface area contributed by atoms with Crippen LogP contribution in [0.4, 0.5) is 5.69 Å². The Balaban J connectivity index is 1.85. The number of halogens is 1. The smallest absolute Gasteiger partial charge is 0.307 e. The maximum Gasteiger partial charge on any atom is 0.307 e. The molecule has 1 atom stereocenters. The number of ether oxygens (including phenoxy) is 1. The van der Waals surface area contributed by atoms with Crippen LogP contribution in [0.1, 0.15) is 37.6 Å². The van der Waals surface area contributed by atoms with Gasteiger partial charge in [0.25, 0.3) is 0 Å². The maximum atomic E-state index is 12.5. The van der Waals surface area contributed by atoms with Gasteiger partial charge in [-0.15, -0.1) is 0 Å². The quantitative estimate of drug-likeness (QED) is 0.397. The van der Waals surface area contributed by atoms with Crippen molar-refractivity contribution in [2.45, 2.75) is 38.2 Å². The van der Waals surface area contributed by atoms with Crippen LogP contribution in [0.3, 0.4) is 0 Å². The van der Waals surface area contributed by atoms with Gasteiger partial charge in [-0.25, -0.2) is 13.1 Å². The highest BCUT2D eigenvalue weighted by Gasteiger charge is 2.21. The van der Waals surface area contributed by atoms with Gasteiger partial charge in [-0.05, 0) is 49.4 Å². The van der Waals surface area contributed by atoms with Gasteiger partial charge in [-0.2, -0.15) is 0 Å². The lowest BCUT2D eigenvalue weighted by molar-refractivity contribution is -0.146. The molecule has 2 rings (SSSR count). The number of benzene rings is 2. The molecular formula is C22H25ClN2O6S. The van der Waals surface area contributed by atoms with E-state index in [-0.39, 0.29) is 34.7 Å². The molecule has 0 saturated carbocycles. The highest BCUT2D eigenvalue weighted by atomic mass is 35.5. The first kappa shape index (κ1) is 25.5. The van der Waals surface area contributed by atoms with Crippen molar-refractivity contribution < 1.29 is 27.5 Å². The maximum absolute atomic E-state index is 12.5. The second kappa shape index (κ2) is 11.2. The van der Waals surface area contributed by atoms with Crippen LogP contribution >= 0.6 is 11.6 Å². The lowest BCUT2D eigenvalue weighted by Gasteiger charge is -2.13. The molecule has 0 aromatic heterocycles. The average molecular weight is 481 g/mol. The van der Waals surface area contributed by atoms with E-state index in [1.807, 2.05) is 0 Å². The second-order valence-corrected chi connectivity index (χ2v) is 9.53. The van der Waals surface area contributed by atoms with Gasteiger partial charge in [0.2, 0.25) is 21.7 Å². The number of carbonyl (C=O) groups is 3. The minimum Gasteiger partial charge on any atom is -0.454 e. The van der Waals surface area contributed by atoms with Crippen molar-refractivity contribution in [1.29, 1.82) is 0 Å². The molecule has 0 aliphatic carbocycles. The van der Waals surface area contributed by atoms with Crippen LogP contribution in [0.2, 0.25) is 5.02 Å². The first-order chi connectivity index (χ1) is 15.0. The van der Waals surface area contributed by atoms with Crippen LogP contribution in [0.25, 0.3) is 0 Å². The molecule has 0 aliphatic heterocycles. The number of hydrogen-bond donors (Lipinski definition) is 2. The Hall–Kier alpha value is -2.75. The number of anilines is 1. The number of hydrogen-bond acceptors (Lipinski definition) is 6. The van der Waals surface area contributed by atoms with Crippen LogP contribution in [0.15, 0.2) is 53.4 Å². The summed E-state index contributed by atoms with van der Waals surface area (Å²) in [7, 11) is -3.82. The Kier molecular flexibility index (Phi) is 8.94. The third-order valence-corrected chi connectivity index (χ3v) is 6.06. The summed E-state index contributed by atoms with van der Waals surface area (Å²) >= 11 is 5.80. The number of rotatable bonds is 10. The van der Waals surface area contributed by atoms with Crippen LogP contribution in [0.5, 0.6) is 0 Å². The fourth-order valence-electron chi connectivity index (χ4n) is 2.55. The normalized spacial score (nSPS) is 12.3. The van der Waals surface area contributed by atoms with Gasteiger partial charge < -0.3 is 10.1 Å². The Bertz CT molecular complexity index is 1080. The molecular weight excluding hydrogens is 456 g/mol. The second-order valence-electron chi connectivity index (χ2n) is 7.32. The third-order valence-electron chi connectivity index (χ3n) is 4.37. The number of nitrogens with one attached hydrogen (secondary N) is 2. The van der Waals surface area contributed by atoms with Gasteiger partial charge in [0.1, 0.15) is 0 Å². The molecule has 2 aromatic carbocycles.